The lowest BCUT2D eigenvalue weighted by Crippen LogP contribution is -2.25. The number of nitrogens with zero attached hydrogens (tertiary/aromatic N) is 4. The third-order valence-electron chi connectivity index (χ3n) is 3.35. The van der Waals surface area contributed by atoms with Gasteiger partial charge in [-0.1, -0.05) is 41.9 Å². The zero-order valence-electron chi connectivity index (χ0n) is 12.2. The Morgan fingerprint density at radius 2 is 2.00 bits per heavy atom. The fraction of sp³-hybridized carbons (Fsp3) is 0.125. The van der Waals surface area contributed by atoms with E-state index >= 15 is 0 Å². The summed E-state index contributed by atoms with van der Waals surface area (Å²) in [6, 6.07) is 15.0. The monoisotopic (exact) mass is 327 g/mol. The van der Waals surface area contributed by atoms with Crippen molar-refractivity contribution in [2.45, 2.75) is 6.42 Å². The molecule has 1 N–H and O–H groups in total. The van der Waals surface area contributed by atoms with Gasteiger partial charge in [0.25, 0.3) is 5.91 Å². The molecule has 23 heavy (non-hydrogen) atoms. The molecule has 0 atom stereocenters. The summed E-state index contributed by atoms with van der Waals surface area (Å²) in [7, 11) is 0. The number of rotatable bonds is 5. The van der Waals surface area contributed by atoms with Gasteiger partial charge in [-0.15, -0.1) is 5.10 Å². The Morgan fingerprint density at radius 1 is 1.17 bits per heavy atom. The Hall–Kier alpha value is -2.73. The van der Waals surface area contributed by atoms with Crippen LogP contribution in [0.5, 0.6) is 0 Å². The van der Waals surface area contributed by atoms with Crippen molar-refractivity contribution >= 4 is 17.5 Å². The van der Waals surface area contributed by atoms with E-state index in [9.17, 15) is 4.79 Å². The summed E-state index contributed by atoms with van der Waals surface area (Å²) in [5, 5.41) is 14.3. The molecule has 0 saturated heterocycles. The maximum absolute atomic E-state index is 12.3. The lowest BCUT2D eigenvalue weighted by Gasteiger charge is -2.08. The molecule has 0 saturated carbocycles. The van der Waals surface area contributed by atoms with Crippen LogP contribution >= 0.6 is 11.6 Å². The van der Waals surface area contributed by atoms with Crippen molar-refractivity contribution < 1.29 is 4.79 Å². The molecule has 0 aliphatic carbocycles. The topological polar surface area (TPSA) is 72.7 Å². The zero-order chi connectivity index (χ0) is 16.1. The maximum atomic E-state index is 12.3. The molecule has 1 heterocycles. The highest BCUT2D eigenvalue weighted by Crippen LogP contribution is 2.20. The third kappa shape index (κ3) is 3.73. The van der Waals surface area contributed by atoms with Gasteiger partial charge >= 0.3 is 0 Å². The van der Waals surface area contributed by atoms with Crippen LogP contribution in [0.4, 0.5) is 0 Å². The second-order valence-electron chi connectivity index (χ2n) is 4.91. The van der Waals surface area contributed by atoms with Gasteiger partial charge < -0.3 is 5.32 Å². The Balaban J connectivity index is 1.67. The number of nitrogens with one attached hydrogen (secondary N) is 1. The number of aromatic nitrogens is 4. The normalized spacial score (nSPS) is 10.5. The van der Waals surface area contributed by atoms with Crippen LogP contribution < -0.4 is 5.32 Å². The summed E-state index contributed by atoms with van der Waals surface area (Å²) in [5.74, 6) is -0.160. The number of carbonyl (C=O) groups is 1. The number of halogens is 1. The smallest absolute Gasteiger partial charge is 0.251 e. The molecule has 0 spiro atoms. The summed E-state index contributed by atoms with van der Waals surface area (Å²) in [6.45, 7) is 0.561. The summed E-state index contributed by atoms with van der Waals surface area (Å²) >= 11 is 6.13. The van der Waals surface area contributed by atoms with Crippen molar-refractivity contribution in [3.05, 3.63) is 71.0 Å². The number of benzene rings is 2. The average Bonchev–Trinajstić information content (AvgIpc) is 3.10. The van der Waals surface area contributed by atoms with E-state index in [2.05, 4.69) is 20.8 Å². The SMILES string of the molecule is O=C(NCCc1ccccc1)c1ccc(Cl)c(-n2cnnn2)c1. The molecule has 0 fully saturated rings. The van der Waals surface area contributed by atoms with Crippen molar-refractivity contribution in [2.24, 2.45) is 0 Å². The Labute approximate surface area is 138 Å². The minimum atomic E-state index is -0.160. The zero-order valence-corrected chi connectivity index (χ0v) is 12.9. The fourth-order valence-corrected chi connectivity index (χ4v) is 2.37. The summed E-state index contributed by atoms with van der Waals surface area (Å²) in [4.78, 5) is 12.3. The van der Waals surface area contributed by atoms with Crippen LogP contribution in [0.3, 0.4) is 0 Å². The van der Waals surface area contributed by atoms with Gasteiger partial charge in [-0.3, -0.25) is 4.79 Å². The van der Waals surface area contributed by atoms with Crippen LogP contribution in [0.25, 0.3) is 5.69 Å². The van der Waals surface area contributed by atoms with Crippen molar-refractivity contribution in [1.82, 2.24) is 25.5 Å². The first-order chi connectivity index (χ1) is 11.2. The van der Waals surface area contributed by atoms with Gasteiger partial charge in [0.1, 0.15) is 6.33 Å². The minimum absolute atomic E-state index is 0.160. The lowest BCUT2D eigenvalue weighted by atomic mass is 10.1. The van der Waals surface area contributed by atoms with E-state index in [1.54, 1.807) is 18.2 Å². The predicted molar refractivity (Wildman–Crippen MR) is 86.6 cm³/mol. The van der Waals surface area contributed by atoms with Crippen LogP contribution in [-0.4, -0.2) is 32.7 Å². The van der Waals surface area contributed by atoms with Crippen molar-refractivity contribution in [3.8, 4) is 5.69 Å². The Kier molecular flexibility index (Phi) is 4.63. The summed E-state index contributed by atoms with van der Waals surface area (Å²) in [5.41, 5.74) is 2.25. The van der Waals surface area contributed by atoms with Gasteiger partial charge in [0.2, 0.25) is 0 Å². The number of amides is 1. The number of hydrogen-bond acceptors (Lipinski definition) is 4. The number of hydrogen-bond donors (Lipinski definition) is 1. The molecule has 3 rings (SSSR count). The molecule has 0 aliphatic rings. The van der Waals surface area contributed by atoms with Crippen LogP contribution in [0, 0.1) is 0 Å². The molecule has 0 radical (unpaired) electrons. The molecule has 0 aliphatic heterocycles. The largest absolute Gasteiger partial charge is 0.352 e. The van der Waals surface area contributed by atoms with Crippen molar-refractivity contribution in [1.29, 1.82) is 0 Å². The Bertz CT molecular complexity index is 789. The van der Waals surface area contributed by atoms with E-state index in [0.717, 1.165) is 6.42 Å². The van der Waals surface area contributed by atoms with E-state index in [-0.39, 0.29) is 5.91 Å². The maximum Gasteiger partial charge on any atom is 0.251 e. The molecule has 7 heteroatoms. The van der Waals surface area contributed by atoms with Gasteiger partial charge in [0, 0.05) is 12.1 Å². The van der Waals surface area contributed by atoms with Gasteiger partial charge in [-0.05, 0) is 40.6 Å². The van der Waals surface area contributed by atoms with Crippen LogP contribution in [0.15, 0.2) is 54.9 Å². The van der Waals surface area contributed by atoms with E-state index in [1.807, 2.05) is 30.3 Å². The summed E-state index contributed by atoms with van der Waals surface area (Å²) < 4.78 is 1.42. The van der Waals surface area contributed by atoms with E-state index < -0.39 is 0 Å². The molecule has 116 valence electrons. The average molecular weight is 328 g/mol. The van der Waals surface area contributed by atoms with Crippen molar-refractivity contribution in [3.63, 3.8) is 0 Å². The first-order valence-corrected chi connectivity index (χ1v) is 7.47. The fourth-order valence-electron chi connectivity index (χ4n) is 2.17. The molecule has 1 amide bonds. The molecule has 3 aromatic rings. The van der Waals surface area contributed by atoms with Gasteiger partial charge in [0.05, 0.1) is 10.7 Å². The molecular weight excluding hydrogens is 314 g/mol. The standard InChI is InChI=1S/C16H14ClN5O/c17-14-7-6-13(10-15(14)22-11-19-20-21-22)16(23)18-9-8-12-4-2-1-3-5-12/h1-7,10-11H,8-9H2,(H,18,23). The quantitative estimate of drug-likeness (QED) is 0.780. The first-order valence-electron chi connectivity index (χ1n) is 7.09. The lowest BCUT2D eigenvalue weighted by molar-refractivity contribution is 0.0954. The first kappa shape index (κ1) is 15.2. The molecule has 0 unspecified atom stereocenters. The highest BCUT2D eigenvalue weighted by Gasteiger charge is 2.10. The van der Waals surface area contributed by atoms with Crippen LogP contribution in [0.1, 0.15) is 15.9 Å². The van der Waals surface area contributed by atoms with Gasteiger partial charge in [-0.25, -0.2) is 0 Å². The van der Waals surface area contributed by atoms with Gasteiger partial charge in [-0.2, -0.15) is 4.68 Å². The third-order valence-corrected chi connectivity index (χ3v) is 3.67. The molecular formula is C16H14ClN5O. The van der Waals surface area contributed by atoms with Gasteiger partial charge in [0.15, 0.2) is 0 Å². The highest BCUT2D eigenvalue weighted by atomic mass is 35.5. The summed E-state index contributed by atoms with van der Waals surface area (Å²) in [6.07, 6.45) is 2.21. The second kappa shape index (κ2) is 7.02. The molecule has 2 aromatic carbocycles. The number of tetrazole rings is 1. The van der Waals surface area contributed by atoms with E-state index in [1.165, 1.54) is 16.6 Å². The molecule has 0 bridgehead atoms. The van der Waals surface area contributed by atoms with E-state index in [0.29, 0.717) is 22.8 Å². The Morgan fingerprint density at radius 3 is 2.74 bits per heavy atom. The predicted octanol–water partition coefficient (Wildman–Crippen LogP) is 2.29. The number of carbonyl (C=O) groups excluding carboxylic acids is 1. The second-order valence-corrected chi connectivity index (χ2v) is 5.32. The molecule has 1 aromatic heterocycles. The highest BCUT2D eigenvalue weighted by molar-refractivity contribution is 6.32. The van der Waals surface area contributed by atoms with Crippen molar-refractivity contribution in [2.75, 3.05) is 6.54 Å². The minimum Gasteiger partial charge on any atom is -0.352 e. The molecule has 6 nitrogen and oxygen atoms in total. The van der Waals surface area contributed by atoms with E-state index in [4.69, 9.17) is 11.6 Å². The van der Waals surface area contributed by atoms with Crippen LogP contribution in [-0.2, 0) is 6.42 Å². The van der Waals surface area contributed by atoms with Crippen LogP contribution in [0.2, 0.25) is 5.02 Å².